The maximum absolute atomic E-state index is 6.70. The monoisotopic (exact) mass is 777 g/mol. The topological polar surface area (TPSA) is 89.0 Å². The van der Waals surface area contributed by atoms with Crippen molar-refractivity contribution < 1.29 is 14.2 Å². The van der Waals surface area contributed by atoms with Crippen molar-refractivity contribution in [3.05, 3.63) is 189 Å². The molecular formula is C50H31N7O3. The smallest absolute Gasteiger partial charge is 0.161 e. The highest BCUT2D eigenvalue weighted by Gasteiger charge is 2.41. The molecule has 0 fully saturated rings. The largest absolute Gasteiger partial charge is 0.453 e. The molecule has 0 aliphatic carbocycles. The fourth-order valence-electron chi connectivity index (χ4n) is 8.37. The number of hydrogen-bond donors (Lipinski definition) is 0. The Morgan fingerprint density at radius 3 is 0.817 bits per heavy atom. The highest BCUT2D eigenvalue weighted by molar-refractivity contribution is 6.13. The van der Waals surface area contributed by atoms with Crippen LogP contribution in [0.1, 0.15) is 0 Å². The fraction of sp³-hybridized carbons (Fsp3) is 0. The third-order valence-corrected chi connectivity index (χ3v) is 10.8. The molecule has 7 aromatic carbocycles. The molecule has 0 atom stereocenters. The fourth-order valence-corrected chi connectivity index (χ4v) is 8.37. The Kier molecular flexibility index (Phi) is 7.60. The molecule has 3 aliphatic rings. The molecule has 10 nitrogen and oxygen atoms in total. The lowest BCUT2D eigenvalue weighted by molar-refractivity contribution is 0.475. The lowest BCUT2D eigenvalue weighted by Gasteiger charge is -2.43. The van der Waals surface area contributed by atoms with Crippen molar-refractivity contribution in [2.24, 2.45) is 0 Å². The number of nitrogens with zero attached hydrogens (tertiary/aromatic N) is 7. The van der Waals surface area contributed by atoms with Gasteiger partial charge in [0.25, 0.3) is 0 Å². The zero-order valence-corrected chi connectivity index (χ0v) is 31.8. The summed E-state index contributed by atoms with van der Waals surface area (Å²) in [7, 11) is 0. The first-order valence-corrected chi connectivity index (χ1v) is 19.5. The van der Waals surface area contributed by atoms with Gasteiger partial charge < -0.3 is 24.0 Å². The predicted octanol–water partition coefficient (Wildman–Crippen LogP) is 13.3. The third-order valence-electron chi connectivity index (χ3n) is 10.8. The average molecular weight is 778 g/mol. The standard InChI is InChI=1S/C50H31N7O3/c1-7-21-40-34(15-1)55(35-16-2-8-22-41(35)58-40)46-32(49-51-27-13-28-52-49)31-33(50-53-29-14-30-54-50)47(56-36-17-3-9-23-42(36)59-43-24-10-4-18-37(43)56)48(46)57-38-19-5-11-25-44(38)60-45-26-12-6-20-39(45)57/h1-31H. The van der Waals surface area contributed by atoms with E-state index in [0.29, 0.717) is 46.1 Å². The Morgan fingerprint density at radius 2 is 0.533 bits per heavy atom. The van der Waals surface area contributed by atoms with Gasteiger partial charge in [0.2, 0.25) is 0 Å². The van der Waals surface area contributed by atoms with E-state index in [0.717, 1.165) is 62.3 Å². The van der Waals surface area contributed by atoms with Gasteiger partial charge in [0.05, 0.1) is 51.2 Å². The molecule has 12 rings (SSSR count). The van der Waals surface area contributed by atoms with Gasteiger partial charge in [-0.3, -0.25) is 4.90 Å². The molecule has 60 heavy (non-hydrogen) atoms. The highest BCUT2D eigenvalue weighted by Crippen LogP contribution is 2.65. The van der Waals surface area contributed by atoms with E-state index in [1.54, 1.807) is 24.8 Å². The van der Waals surface area contributed by atoms with Crippen LogP contribution in [0.2, 0.25) is 0 Å². The minimum absolute atomic E-state index is 0.511. The molecule has 0 spiro atoms. The molecule has 0 unspecified atom stereocenters. The van der Waals surface area contributed by atoms with Gasteiger partial charge in [-0.2, -0.15) is 0 Å². The summed E-state index contributed by atoms with van der Waals surface area (Å²) in [4.78, 5) is 26.6. The molecule has 2 aromatic heterocycles. The van der Waals surface area contributed by atoms with Crippen LogP contribution in [0.4, 0.5) is 51.2 Å². The normalized spacial score (nSPS) is 13.0. The molecule has 284 valence electrons. The second kappa shape index (κ2) is 13.6. The Bertz CT molecular complexity index is 2830. The Morgan fingerprint density at radius 1 is 0.283 bits per heavy atom. The van der Waals surface area contributed by atoms with Crippen molar-refractivity contribution in [1.29, 1.82) is 0 Å². The van der Waals surface area contributed by atoms with Gasteiger partial charge in [0.15, 0.2) is 46.1 Å². The van der Waals surface area contributed by atoms with E-state index < -0.39 is 0 Å². The van der Waals surface area contributed by atoms with Gasteiger partial charge in [-0.25, -0.2) is 19.9 Å². The van der Waals surface area contributed by atoms with E-state index in [-0.39, 0.29) is 0 Å². The maximum atomic E-state index is 6.70. The summed E-state index contributed by atoms with van der Waals surface area (Å²) in [5.41, 5.74) is 8.82. The summed E-state index contributed by atoms with van der Waals surface area (Å²) in [5, 5.41) is 0. The Hall–Kier alpha value is -8.50. The molecule has 0 amide bonds. The van der Waals surface area contributed by atoms with Crippen LogP contribution in [0.3, 0.4) is 0 Å². The minimum Gasteiger partial charge on any atom is -0.453 e. The molecular weight excluding hydrogens is 747 g/mol. The van der Waals surface area contributed by atoms with Crippen molar-refractivity contribution in [2.45, 2.75) is 0 Å². The average Bonchev–Trinajstić information content (AvgIpc) is 3.32. The molecule has 0 N–H and O–H groups in total. The first kappa shape index (κ1) is 33.6. The SMILES string of the molecule is c1cnc(-c2cc(-c3ncccn3)c(N3c4ccccc4Oc4ccccc43)c(N3c4ccccc4Oc4ccccc43)c2N2c3ccccc3Oc3ccccc32)nc1. The molecule has 5 heterocycles. The summed E-state index contributed by atoms with van der Waals surface area (Å²) < 4.78 is 20.0. The second-order valence-electron chi connectivity index (χ2n) is 14.3. The summed E-state index contributed by atoms with van der Waals surface area (Å²) in [6.07, 6.45) is 7.08. The molecule has 0 saturated heterocycles. The summed E-state index contributed by atoms with van der Waals surface area (Å²) in [6.45, 7) is 0. The van der Waals surface area contributed by atoms with Crippen molar-refractivity contribution >= 4 is 51.2 Å². The number of aromatic nitrogens is 4. The number of hydrogen-bond acceptors (Lipinski definition) is 10. The van der Waals surface area contributed by atoms with Crippen molar-refractivity contribution in [2.75, 3.05) is 14.7 Å². The lowest BCUT2D eigenvalue weighted by Crippen LogP contribution is -2.26. The van der Waals surface area contributed by atoms with Crippen LogP contribution < -0.4 is 28.9 Å². The second-order valence-corrected chi connectivity index (χ2v) is 14.3. The highest BCUT2D eigenvalue weighted by atomic mass is 16.5. The minimum atomic E-state index is 0.511. The van der Waals surface area contributed by atoms with Gasteiger partial charge in [0.1, 0.15) is 0 Å². The van der Waals surface area contributed by atoms with E-state index in [4.69, 9.17) is 34.1 Å². The van der Waals surface area contributed by atoms with Crippen LogP contribution in [0.5, 0.6) is 34.5 Å². The van der Waals surface area contributed by atoms with Crippen molar-refractivity contribution in [1.82, 2.24) is 19.9 Å². The van der Waals surface area contributed by atoms with Gasteiger partial charge in [-0.15, -0.1) is 0 Å². The van der Waals surface area contributed by atoms with E-state index in [1.165, 1.54) is 0 Å². The molecule has 10 heteroatoms. The zero-order valence-electron chi connectivity index (χ0n) is 31.8. The van der Waals surface area contributed by atoms with E-state index in [9.17, 15) is 0 Å². The number of rotatable bonds is 5. The Balaban J connectivity index is 1.34. The van der Waals surface area contributed by atoms with Gasteiger partial charge in [-0.1, -0.05) is 72.8 Å². The zero-order chi connectivity index (χ0) is 39.6. The lowest BCUT2D eigenvalue weighted by atomic mass is 9.95. The molecule has 0 radical (unpaired) electrons. The quantitative estimate of drug-likeness (QED) is 0.168. The van der Waals surface area contributed by atoms with Crippen LogP contribution in [0.15, 0.2) is 189 Å². The number of anilines is 9. The first-order chi connectivity index (χ1) is 29.8. The van der Waals surface area contributed by atoms with Crippen molar-refractivity contribution in [3.63, 3.8) is 0 Å². The number of para-hydroxylation sites is 12. The number of benzene rings is 7. The van der Waals surface area contributed by atoms with Crippen LogP contribution in [0, 0.1) is 0 Å². The maximum Gasteiger partial charge on any atom is 0.161 e. The molecule has 9 aromatic rings. The molecule has 0 bridgehead atoms. The summed E-state index contributed by atoms with van der Waals surface area (Å²) in [5.74, 6) is 5.20. The van der Waals surface area contributed by atoms with E-state index >= 15 is 0 Å². The molecule has 0 saturated carbocycles. The van der Waals surface area contributed by atoms with Crippen LogP contribution in [-0.2, 0) is 0 Å². The summed E-state index contributed by atoms with van der Waals surface area (Å²) in [6, 6.07) is 54.4. The third kappa shape index (κ3) is 5.21. The van der Waals surface area contributed by atoms with Gasteiger partial charge >= 0.3 is 0 Å². The van der Waals surface area contributed by atoms with E-state index in [1.807, 2.05) is 121 Å². The first-order valence-electron chi connectivity index (χ1n) is 19.5. The molecule has 3 aliphatic heterocycles. The number of ether oxygens (including phenoxy) is 3. The van der Waals surface area contributed by atoms with Gasteiger partial charge in [0, 0.05) is 35.9 Å². The number of fused-ring (bicyclic) bond motifs is 6. The van der Waals surface area contributed by atoms with Crippen LogP contribution >= 0.6 is 0 Å². The van der Waals surface area contributed by atoms with Crippen LogP contribution in [0.25, 0.3) is 22.8 Å². The van der Waals surface area contributed by atoms with Crippen LogP contribution in [-0.4, -0.2) is 19.9 Å². The Labute approximate surface area is 344 Å². The summed E-state index contributed by atoms with van der Waals surface area (Å²) >= 11 is 0. The van der Waals surface area contributed by atoms with E-state index in [2.05, 4.69) is 57.2 Å². The predicted molar refractivity (Wildman–Crippen MR) is 233 cm³/mol. The van der Waals surface area contributed by atoms with Gasteiger partial charge in [-0.05, 0) is 91.0 Å². The van der Waals surface area contributed by atoms with Crippen molar-refractivity contribution in [3.8, 4) is 57.3 Å².